The van der Waals surface area contributed by atoms with Gasteiger partial charge in [-0.05, 0) is 37.8 Å². The van der Waals surface area contributed by atoms with Crippen LogP contribution in [0.3, 0.4) is 0 Å². The van der Waals surface area contributed by atoms with Crippen LogP contribution >= 0.6 is 0 Å². The maximum Gasteiger partial charge on any atom is 0.409 e. The van der Waals surface area contributed by atoms with E-state index in [9.17, 15) is 4.79 Å². The lowest BCUT2D eigenvalue weighted by Crippen LogP contribution is -2.38. The van der Waals surface area contributed by atoms with Gasteiger partial charge in [-0.15, -0.1) is 0 Å². The van der Waals surface area contributed by atoms with Crippen molar-refractivity contribution < 1.29 is 9.53 Å². The molecule has 2 heterocycles. The zero-order valence-electron chi connectivity index (χ0n) is 11.8. The predicted octanol–water partition coefficient (Wildman–Crippen LogP) is 2.98. The number of ether oxygens (including phenoxy) is 1. The summed E-state index contributed by atoms with van der Waals surface area (Å²) in [5.74, 6) is 0.469. The Morgan fingerprint density at radius 3 is 2.63 bits per heavy atom. The summed E-state index contributed by atoms with van der Waals surface area (Å²) in [5.41, 5.74) is 2.42. The van der Waals surface area contributed by atoms with E-state index < -0.39 is 0 Å². The summed E-state index contributed by atoms with van der Waals surface area (Å²) < 4.78 is 5.02. The van der Waals surface area contributed by atoms with Gasteiger partial charge in [0.05, 0.1) is 6.61 Å². The van der Waals surface area contributed by atoms with E-state index in [1.165, 1.54) is 5.56 Å². The molecule has 1 aromatic rings. The maximum atomic E-state index is 11.6. The number of pyridine rings is 1. The van der Waals surface area contributed by atoms with Crippen LogP contribution in [0.2, 0.25) is 0 Å². The SMILES string of the molecule is CCOC(=O)N1CCC(c2ccc(CC)cn2)CC1. The highest BCUT2D eigenvalue weighted by atomic mass is 16.6. The zero-order chi connectivity index (χ0) is 13.7. The van der Waals surface area contributed by atoms with Crippen LogP contribution in [-0.2, 0) is 11.2 Å². The van der Waals surface area contributed by atoms with Crippen LogP contribution < -0.4 is 0 Å². The summed E-state index contributed by atoms with van der Waals surface area (Å²) in [7, 11) is 0. The lowest BCUT2D eigenvalue weighted by molar-refractivity contribution is 0.0968. The molecule has 1 fully saturated rings. The van der Waals surface area contributed by atoms with Crippen LogP contribution in [0.4, 0.5) is 4.79 Å². The van der Waals surface area contributed by atoms with Crippen LogP contribution in [0.5, 0.6) is 0 Å². The normalized spacial score (nSPS) is 16.4. The number of hydrogen-bond acceptors (Lipinski definition) is 3. The Bertz CT molecular complexity index is 409. The van der Waals surface area contributed by atoms with Crippen molar-refractivity contribution in [2.75, 3.05) is 19.7 Å². The topological polar surface area (TPSA) is 42.4 Å². The van der Waals surface area contributed by atoms with E-state index in [1.807, 2.05) is 13.1 Å². The quantitative estimate of drug-likeness (QED) is 0.841. The number of aromatic nitrogens is 1. The van der Waals surface area contributed by atoms with Crippen molar-refractivity contribution in [2.24, 2.45) is 0 Å². The van der Waals surface area contributed by atoms with E-state index >= 15 is 0 Å². The first-order chi connectivity index (χ1) is 9.24. The smallest absolute Gasteiger partial charge is 0.409 e. The van der Waals surface area contributed by atoms with Gasteiger partial charge in [0.2, 0.25) is 0 Å². The minimum atomic E-state index is -0.185. The molecule has 0 atom stereocenters. The van der Waals surface area contributed by atoms with Crippen molar-refractivity contribution in [1.82, 2.24) is 9.88 Å². The molecule has 2 rings (SSSR count). The van der Waals surface area contributed by atoms with E-state index in [2.05, 4.69) is 24.0 Å². The fraction of sp³-hybridized carbons (Fsp3) is 0.600. The number of aryl methyl sites for hydroxylation is 1. The molecule has 0 saturated carbocycles. The lowest BCUT2D eigenvalue weighted by Gasteiger charge is -2.30. The number of carbonyl (C=O) groups is 1. The Morgan fingerprint density at radius 2 is 2.11 bits per heavy atom. The monoisotopic (exact) mass is 262 g/mol. The molecule has 19 heavy (non-hydrogen) atoms. The molecular weight excluding hydrogens is 240 g/mol. The van der Waals surface area contributed by atoms with Gasteiger partial charge in [-0.25, -0.2) is 4.79 Å². The van der Waals surface area contributed by atoms with Gasteiger partial charge in [-0.3, -0.25) is 4.98 Å². The average Bonchev–Trinajstić information content (AvgIpc) is 2.48. The Balaban J connectivity index is 1.90. The molecule has 1 aliphatic heterocycles. The fourth-order valence-electron chi connectivity index (χ4n) is 2.46. The second-order valence-electron chi connectivity index (χ2n) is 4.91. The molecule has 0 bridgehead atoms. The summed E-state index contributed by atoms with van der Waals surface area (Å²) in [4.78, 5) is 17.9. The van der Waals surface area contributed by atoms with Gasteiger partial charge < -0.3 is 9.64 Å². The highest BCUT2D eigenvalue weighted by Crippen LogP contribution is 2.26. The Hall–Kier alpha value is -1.58. The van der Waals surface area contributed by atoms with Crippen molar-refractivity contribution in [3.8, 4) is 0 Å². The summed E-state index contributed by atoms with van der Waals surface area (Å²) in [6.45, 7) is 5.94. The number of rotatable bonds is 3. The largest absolute Gasteiger partial charge is 0.450 e. The maximum absolute atomic E-state index is 11.6. The number of carbonyl (C=O) groups excluding carboxylic acids is 1. The molecule has 1 amide bonds. The van der Waals surface area contributed by atoms with E-state index in [1.54, 1.807) is 4.90 Å². The zero-order valence-corrected chi connectivity index (χ0v) is 11.8. The molecule has 1 saturated heterocycles. The standard InChI is InChI=1S/C15H22N2O2/c1-3-12-5-6-14(16-11-12)13-7-9-17(10-8-13)15(18)19-4-2/h5-6,11,13H,3-4,7-10H2,1-2H3. The van der Waals surface area contributed by atoms with Gasteiger partial charge in [0.1, 0.15) is 0 Å². The number of piperidine rings is 1. The molecular formula is C15H22N2O2. The third-order valence-corrected chi connectivity index (χ3v) is 3.70. The highest BCUT2D eigenvalue weighted by molar-refractivity contribution is 5.67. The summed E-state index contributed by atoms with van der Waals surface area (Å²) in [6, 6.07) is 4.28. The Morgan fingerprint density at radius 1 is 1.37 bits per heavy atom. The number of hydrogen-bond donors (Lipinski definition) is 0. The van der Waals surface area contributed by atoms with Crippen molar-refractivity contribution in [2.45, 2.75) is 39.0 Å². The molecule has 104 valence electrons. The minimum absolute atomic E-state index is 0.185. The molecule has 4 nitrogen and oxygen atoms in total. The third-order valence-electron chi connectivity index (χ3n) is 3.70. The first kappa shape index (κ1) is 13.8. The molecule has 1 aromatic heterocycles. The van der Waals surface area contributed by atoms with Crippen LogP contribution in [-0.4, -0.2) is 35.7 Å². The van der Waals surface area contributed by atoms with Crippen LogP contribution in [0, 0.1) is 0 Å². The van der Waals surface area contributed by atoms with Gasteiger partial charge in [0.25, 0.3) is 0 Å². The summed E-state index contributed by atoms with van der Waals surface area (Å²) in [5, 5.41) is 0. The van der Waals surface area contributed by atoms with Crippen LogP contribution in [0.25, 0.3) is 0 Å². The molecule has 0 unspecified atom stereocenters. The third kappa shape index (κ3) is 3.46. The van der Waals surface area contributed by atoms with E-state index in [-0.39, 0.29) is 6.09 Å². The Kier molecular flexibility index (Phi) is 4.77. The van der Waals surface area contributed by atoms with Gasteiger partial charge in [0, 0.05) is 30.9 Å². The summed E-state index contributed by atoms with van der Waals surface area (Å²) in [6.07, 6.45) is 4.74. The molecule has 0 aromatic carbocycles. The molecule has 0 aliphatic carbocycles. The second kappa shape index (κ2) is 6.55. The first-order valence-electron chi connectivity index (χ1n) is 7.11. The highest BCUT2D eigenvalue weighted by Gasteiger charge is 2.25. The molecule has 0 radical (unpaired) electrons. The number of amides is 1. The van der Waals surface area contributed by atoms with E-state index in [0.717, 1.165) is 38.0 Å². The molecule has 0 N–H and O–H groups in total. The van der Waals surface area contributed by atoms with Crippen molar-refractivity contribution in [3.63, 3.8) is 0 Å². The first-order valence-corrected chi connectivity index (χ1v) is 7.11. The molecule has 0 spiro atoms. The fourth-order valence-corrected chi connectivity index (χ4v) is 2.46. The minimum Gasteiger partial charge on any atom is -0.450 e. The van der Waals surface area contributed by atoms with E-state index in [0.29, 0.717) is 12.5 Å². The van der Waals surface area contributed by atoms with Gasteiger partial charge in [-0.1, -0.05) is 13.0 Å². The van der Waals surface area contributed by atoms with Crippen LogP contribution in [0.1, 0.15) is 43.9 Å². The predicted molar refractivity (Wildman–Crippen MR) is 74.2 cm³/mol. The van der Waals surface area contributed by atoms with Crippen LogP contribution in [0.15, 0.2) is 18.3 Å². The van der Waals surface area contributed by atoms with Gasteiger partial charge in [0.15, 0.2) is 0 Å². The van der Waals surface area contributed by atoms with Crippen molar-refractivity contribution in [3.05, 3.63) is 29.6 Å². The lowest BCUT2D eigenvalue weighted by atomic mass is 9.93. The van der Waals surface area contributed by atoms with Crippen molar-refractivity contribution in [1.29, 1.82) is 0 Å². The Labute approximate surface area is 114 Å². The molecule has 1 aliphatic rings. The van der Waals surface area contributed by atoms with Crippen molar-refractivity contribution >= 4 is 6.09 Å². The van der Waals surface area contributed by atoms with E-state index in [4.69, 9.17) is 4.74 Å². The molecule has 4 heteroatoms. The van der Waals surface area contributed by atoms with Gasteiger partial charge in [-0.2, -0.15) is 0 Å². The second-order valence-corrected chi connectivity index (χ2v) is 4.91. The number of nitrogens with zero attached hydrogens (tertiary/aromatic N) is 2. The summed E-state index contributed by atoms with van der Waals surface area (Å²) >= 11 is 0. The average molecular weight is 262 g/mol. The number of likely N-dealkylation sites (tertiary alicyclic amines) is 1. The van der Waals surface area contributed by atoms with Gasteiger partial charge >= 0.3 is 6.09 Å².